The van der Waals surface area contributed by atoms with Crippen molar-refractivity contribution in [2.45, 2.75) is 19.9 Å². The smallest absolute Gasteiger partial charge is 0.407 e. The number of rotatable bonds is 1. The monoisotopic (exact) mass is 353 g/mol. The van der Waals surface area contributed by atoms with Crippen LogP contribution in [0.1, 0.15) is 25.5 Å². The largest absolute Gasteiger partial charge is 0.449 e. The second-order valence-electron chi connectivity index (χ2n) is 4.81. The van der Waals surface area contributed by atoms with Crippen LogP contribution in [0, 0.1) is 5.41 Å². The number of ether oxygens (including phenoxy) is 1. The van der Waals surface area contributed by atoms with E-state index in [1.54, 1.807) is 0 Å². The van der Waals surface area contributed by atoms with Crippen molar-refractivity contribution in [3.05, 3.63) is 33.3 Å². The number of carbonyl (C=O) groups is 1. The van der Waals surface area contributed by atoms with E-state index >= 15 is 0 Å². The van der Waals surface area contributed by atoms with Gasteiger partial charge in [0.15, 0.2) is 0 Å². The van der Waals surface area contributed by atoms with E-state index in [0.717, 1.165) is 10.0 Å². The maximum Gasteiger partial charge on any atom is 0.407 e. The average Bonchev–Trinajstić information content (AvgIpc) is 2.26. The van der Waals surface area contributed by atoms with Crippen molar-refractivity contribution in [2.75, 3.05) is 6.61 Å². The molecular weight excluding hydrogens is 341 g/mol. The topological polar surface area (TPSA) is 38.3 Å². The summed E-state index contributed by atoms with van der Waals surface area (Å²) in [5.41, 5.74) is 0.792. The van der Waals surface area contributed by atoms with E-state index in [-0.39, 0.29) is 30.0 Å². The van der Waals surface area contributed by atoms with Crippen LogP contribution in [-0.2, 0) is 4.74 Å². The summed E-state index contributed by atoms with van der Waals surface area (Å²) in [7, 11) is 0. The second kappa shape index (κ2) is 5.68. The first-order valence-corrected chi connectivity index (χ1v) is 6.45. The molecule has 0 spiro atoms. The Morgan fingerprint density at radius 3 is 2.83 bits per heavy atom. The minimum atomic E-state index is -0.388. The molecule has 1 aromatic rings. The maximum absolute atomic E-state index is 11.3. The molecule has 0 aromatic heterocycles. The molecule has 0 aliphatic carbocycles. The van der Waals surface area contributed by atoms with Crippen molar-refractivity contribution < 1.29 is 9.53 Å². The Morgan fingerprint density at radius 2 is 2.17 bits per heavy atom. The van der Waals surface area contributed by atoms with Crippen molar-refractivity contribution in [1.82, 2.24) is 5.32 Å². The Morgan fingerprint density at radius 1 is 1.50 bits per heavy atom. The van der Waals surface area contributed by atoms with Gasteiger partial charge in [-0.25, -0.2) is 4.79 Å². The summed E-state index contributed by atoms with van der Waals surface area (Å²) in [4.78, 5) is 11.3. The number of amides is 1. The minimum Gasteiger partial charge on any atom is -0.449 e. The van der Waals surface area contributed by atoms with Crippen molar-refractivity contribution >= 4 is 46.0 Å². The summed E-state index contributed by atoms with van der Waals surface area (Å²) in [5, 5.41) is 3.49. The lowest BCUT2D eigenvalue weighted by atomic mass is 9.80. The van der Waals surface area contributed by atoms with Crippen LogP contribution in [0.5, 0.6) is 0 Å². The van der Waals surface area contributed by atoms with Gasteiger partial charge in [-0.1, -0.05) is 41.4 Å². The highest BCUT2D eigenvalue weighted by Gasteiger charge is 2.38. The van der Waals surface area contributed by atoms with Crippen LogP contribution in [0.4, 0.5) is 4.79 Å². The molecule has 100 valence electrons. The number of nitrogens with one attached hydrogen (secondary N) is 1. The first-order valence-electron chi connectivity index (χ1n) is 5.28. The molecule has 1 N–H and O–H groups in total. The normalized spacial score (nSPS) is 21.6. The van der Waals surface area contributed by atoms with Crippen LogP contribution in [0.2, 0.25) is 5.02 Å². The Balaban J connectivity index is 0.00000162. The van der Waals surface area contributed by atoms with E-state index < -0.39 is 0 Å². The van der Waals surface area contributed by atoms with E-state index in [1.807, 2.05) is 32.0 Å². The Hall–Kier alpha value is -0.450. The molecule has 1 amide bonds. The highest BCUT2D eigenvalue weighted by atomic mass is 79.9. The van der Waals surface area contributed by atoms with Gasteiger partial charge in [-0.2, -0.15) is 0 Å². The number of hydrogen-bond donors (Lipinski definition) is 1. The van der Waals surface area contributed by atoms with Crippen molar-refractivity contribution in [2.24, 2.45) is 5.41 Å². The Kier molecular flexibility index (Phi) is 4.92. The number of alkyl carbamates (subject to hydrolysis) is 1. The minimum absolute atomic E-state index is 0. The van der Waals surface area contributed by atoms with Gasteiger partial charge in [0.1, 0.15) is 6.61 Å². The zero-order valence-electron chi connectivity index (χ0n) is 10.00. The van der Waals surface area contributed by atoms with E-state index in [2.05, 4.69) is 21.2 Å². The molecule has 0 radical (unpaired) electrons. The van der Waals surface area contributed by atoms with Crippen molar-refractivity contribution in [3.63, 3.8) is 0 Å². The zero-order chi connectivity index (χ0) is 12.6. The molecule has 1 aromatic carbocycles. The van der Waals surface area contributed by atoms with Gasteiger partial charge in [0, 0.05) is 14.9 Å². The molecule has 0 unspecified atom stereocenters. The van der Waals surface area contributed by atoms with Crippen LogP contribution in [-0.4, -0.2) is 12.7 Å². The van der Waals surface area contributed by atoms with Gasteiger partial charge < -0.3 is 10.1 Å². The summed E-state index contributed by atoms with van der Waals surface area (Å²) in [6, 6.07) is 5.44. The van der Waals surface area contributed by atoms with Gasteiger partial charge in [0.25, 0.3) is 0 Å². The van der Waals surface area contributed by atoms with Gasteiger partial charge >= 0.3 is 6.09 Å². The van der Waals surface area contributed by atoms with Gasteiger partial charge in [-0.3, -0.25) is 0 Å². The number of cyclic esters (lactones) is 1. The van der Waals surface area contributed by atoms with E-state index in [1.165, 1.54) is 0 Å². The molecule has 0 bridgehead atoms. The highest BCUT2D eigenvalue weighted by Crippen LogP contribution is 2.40. The lowest BCUT2D eigenvalue weighted by Gasteiger charge is -2.39. The summed E-state index contributed by atoms with van der Waals surface area (Å²) >= 11 is 9.49. The molecule has 6 heteroatoms. The molecule has 3 nitrogen and oxygen atoms in total. The predicted octanol–water partition coefficient (Wildman–Crippen LogP) is 4.33. The average molecular weight is 355 g/mol. The quantitative estimate of drug-likeness (QED) is 0.814. The van der Waals surface area contributed by atoms with Crippen molar-refractivity contribution in [1.29, 1.82) is 0 Å². The molecule has 18 heavy (non-hydrogen) atoms. The fourth-order valence-electron chi connectivity index (χ4n) is 1.92. The number of benzene rings is 1. The Labute approximate surface area is 126 Å². The van der Waals surface area contributed by atoms with Gasteiger partial charge in [-0.15, -0.1) is 12.4 Å². The molecule has 1 atom stereocenters. The lowest BCUT2D eigenvalue weighted by molar-refractivity contribution is 0.0385. The van der Waals surface area contributed by atoms with Crippen LogP contribution in [0.15, 0.2) is 22.7 Å². The highest BCUT2D eigenvalue weighted by molar-refractivity contribution is 9.10. The molecule has 1 aliphatic rings. The summed E-state index contributed by atoms with van der Waals surface area (Å²) in [6.07, 6.45) is -0.388. The third kappa shape index (κ3) is 3.11. The number of carbonyl (C=O) groups excluding carboxylic acids is 1. The molecule has 1 fully saturated rings. The molecule has 0 saturated carbocycles. The van der Waals surface area contributed by atoms with Gasteiger partial charge in [0.05, 0.1) is 6.04 Å². The SMILES string of the molecule is CC1(C)COC(=O)N[C@H]1c1cc(Cl)ccc1Br.Cl. The van der Waals surface area contributed by atoms with E-state index in [4.69, 9.17) is 16.3 Å². The number of halogens is 3. The third-order valence-electron chi connectivity index (χ3n) is 2.89. The predicted molar refractivity (Wildman–Crippen MR) is 77.4 cm³/mol. The zero-order valence-corrected chi connectivity index (χ0v) is 13.2. The maximum atomic E-state index is 11.3. The molecule has 1 heterocycles. The number of hydrogen-bond acceptors (Lipinski definition) is 2. The standard InChI is InChI=1S/C12H13BrClNO2.ClH/c1-12(2)6-17-11(16)15-10(12)8-5-7(14)3-4-9(8)13;/h3-5,10H,6H2,1-2H3,(H,15,16);1H/t10-;/m0./s1. The lowest BCUT2D eigenvalue weighted by Crippen LogP contribution is -2.47. The first-order chi connectivity index (χ1) is 7.90. The summed E-state index contributed by atoms with van der Waals surface area (Å²) in [6.45, 7) is 4.48. The fourth-order valence-corrected chi connectivity index (χ4v) is 2.58. The van der Waals surface area contributed by atoms with Crippen LogP contribution in [0.25, 0.3) is 0 Å². The summed E-state index contributed by atoms with van der Waals surface area (Å²) < 4.78 is 5.95. The van der Waals surface area contributed by atoms with Crippen LogP contribution < -0.4 is 5.32 Å². The third-order valence-corrected chi connectivity index (χ3v) is 3.85. The van der Waals surface area contributed by atoms with Crippen LogP contribution in [0.3, 0.4) is 0 Å². The van der Waals surface area contributed by atoms with Gasteiger partial charge in [-0.05, 0) is 23.8 Å². The van der Waals surface area contributed by atoms with E-state index in [0.29, 0.717) is 11.6 Å². The Bertz CT molecular complexity index is 465. The summed E-state index contributed by atoms with van der Waals surface area (Å²) in [5.74, 6) is 0. The first kappa shape index (κ1) is 15.6. The van der Waals surface area contributed by atoms with E-state index in [9.17, 15) is 4.79 Å². The van der Waals surface area contributed by atoms with Crippen molar-refractivity contribution in [3.8, 4) is 0 Å². The van der Waals surface area contributed by atoms with Crippen LogP contribution >= 0.6 is 39.9 Å². The second-order valence-corrected chi connectivity index (χ2v) is 6.10. The van der Waals surface area contributed by atoms with Gasteiger partial charge in [0.2, 0.25) is 0 Å². The molecular formula is C12H14BrCl2NO2. The molecule has 1 saturated heterocycles. The molecule has 2 rings (SSSR count). The fraction of sp³-hybridized carbons (Fsp3) is 0.417. The molecule has 1 aliphatic heterocycles.